The average molecular weight is 370 g/mol. The zero-order chi connectivity index (χ0) is 18.3. The largest absolute Gasteiger partial charge is 0.329 e. The number of hydrogen-bond acceptors (Lipinski definition) is 5. The lowest BCUT2D eigenvalue weighted by molar-refractivity contribution is -0.127. The molecule has 2 aliphatic heterocycles. The van der Waals surface area contributed by atoms with E-state index in [9.17, 15) is 14.4 Å². The van der Waals surface area contributed by atoms with Crippen LogP contribution in [0.4, 0.5) is 5.69 Å². The minimum absolute atomic E-state index is 0.0752. The Balaban J connectivity index is 1.67. The van der Waals surface area contributed by atoms with Crippen molar-refractivity contribution in [2.24, 2.45) is 7.05 Å². The molecule has 0 bridgehead atoms. The molecule has 2 aliphatic rings. The number of fused-ring (bicyclic) bond motifs is 2. The molecule has 0 N–H and O–H groups in total. The molecule has 1 fully saturated rings. The van der Waals surface area contributed by atoms with E-state index in [0.717, 1.165) is 6.42 Å². The van der Waals surface area contributed by atoms with Crippen LogP contribution in [0, 0.1) is 0 Å². The molecule has 1 aromatic carbocycles. The minimum atomic E-state index is -0.558. The van der Waals surface area contributed by atoms with Gasteiger partial charge < -0.3 is 9.47 Å². The van der Waals surface area contributed by atoms with E-state index >= 15 is 0 Å². The van der Waals surface area contributed by atoms with Gasteiger partial charge >= 0.3 is 0 Å². The minimum Gasteiger partial charge on any atom is -0.329 e. The molecule has 1 unspecified atom stereocenters. The number of carbonyl (C=O) groups excluding carboxylic acids is 3. The van der Waals surface area contributed by atoms with Gasteiger partial charge in [0, 0.05) is 26.0 Å². The summed E-state index contributed by atoms with van der Waals surface area (Å²) in [4.78, 5) is 45.8. The maximum Gasteiger partial charge on any atom is 0.256 e. The van der Waals surface area contributed by atoms with Crippen molar-refractivity contribution in [2.45, 2.75) is 24.0 Å². The molecule has 0 aliphatic carbocycles. The fraction of sp³-hybridized carbons (Fsp3) is 0.333. The second-order valence-electron chi connectivity index (χ2n) is 6.35. The lowest BCUT2D eigenvalue weighted by atomic mass is 10.1. The van der Waals surface area contributed by atoms with E-state index in [2.05, 4.69) is 4.98 Å². The third kappa shape index (κ3) is 2.70. The van der Waals surface area contributed by atoms with E-state index in [1.54, 1.807) is 41.6 Å². The van der Waals surface area contributed by atoms with Gasteiger partial charge in [0.25, 0.3) is 11.8 Å². The number of anilines is 1. The molecule has 3 heterocycles. The first-order chi connectivity index (χ1) is 12.6. The van der Waals surface area contributed by atoms with E-state index in [1.807, 2.05) is 11.6 Å². The van der Waals surface area contributed by atoms with Gasteiger partial charge in [0.2, 0.25) is 5.91 Å². The third-order valence-electron chi connectivity index (χ3n) is 4.75. The molecule has 0 spiro atoms. The molecule has 0 saturated carbocycles. The molecule has 134 valence electrons. The Labute approximate surface area is 155 Å². The molecule has 2 aromatic rings. The molecule has 4 rings (SSSR count). The second-order valence-corrected chi connectivity index (χ2v) is 7.29. The van der Waals surface area contributed by atoms with Crippen LogP contribution in [0.5, 0.6) is 0 Å². The summed E-state index contributed by atoms with van der Waals surface area (Å²) in [6, 6.07) is 6.27. The Morgan fingerprint density at radius 3 is 2.88 bits per heavy atom. The Morgan fingerprint density at radius 2 is 2.12 bits per heavy atom. The van der Waals surface area contributed by atoms with Gasteiger partial charge in [-0.05, 0) is 25.0 Å². The standard InChI is InChI=1S/C18H18N4O3S/c1-20-10-8-19-18(20)26-11-15(23)22-13-6-3-2-5-12(13)16(24)21-9-4-7-14(21)17(22)25/h2-3,5-6,8,10,14H,4,7,9,11H2,1H3. The smallest absolute Gasteiger partial charge is 0.256 e. The zero-order valence-corrected chi connectivity index (χ0v) is 15.1. The van der Waals surface area contributed by atoms with Gasteiger partial charge in [0.15, 0.2) is 5.16 Å². The van der Waals surface area contributed by atoms with Crippen molar-refractivity contribution in [3.8, 4) is 0 Å². The van der Waals surface area contributed by atoms with E-state index < -0.39 is 6.04 Å². The second kappa shape index (κ2) is 6.60. The number of hydrogen-bond donors (Lipinski definition) is 0. The number of amides is 3. The summed E-state index contributed by atoms with van der Waals surface area (Å²) in [5, 5.41) is 0.701. The zero-order valence-electron chi connectivity index (χ0n) is 14.3. The SMILES string of the molecule is Cn1ccnc1SCC(=O)N1C(=O)C2CCCN2C(=O)c2ccccc21. The summed E-state index contributed by atoms with van der Waals surface area (Å²) < 4.78 is 1.82. The first-order valence-electron chi connectivity index (χ1n) is 8.45. The Morgan fingerprint density at radius 1 is 1.31 bits per heavy atom. The number of aryl methyl sites for hydroxylation is 1. The Kier molecular flexibility index (Phi) is 4.28. The van der Waals surface area contributed by atoms with Gasteiger partial charge in [0.1, 0.15) is 6.04 Å². The van der Waals surface area contributed by atoms with Crippen LogP contribution in [-0.2, 0) is 16.6 Å². The van der Waals surface area contributed by atoms with Crippen LogP contribution < -0.4 is 4.90 Å². The van der Waals surface area contributed by atoms with Crippen molar-refractivity contribution in [3.05, 3.63) is 42.2 Å². The van der Waals surface area contributed by atoms with E-state index in [-0.39, 0.29) is 23.5 Å². The Bertz CT molecular complexity index is 894. The number of imide groups is 1. The maximum atomic E-state index is 13.1. The fourth-order valence-electron chi connectivity index (χ4n) is 3.48. The van der Waals surface area contributed by atoms with E-state index in [4.69, 9.17) is 0 Å². The van der Waals surface area contributed by atoms with Crippen molar-refractivity contribution >= 4 is 35.2 Å². The summed E-state index contributed by atoms with van der Waals surface area (Å²) >= 11 is 1.27. The van der Waals surface area contributed by atoms with Crippen LogP contribution in [0.1, 0.15) is 23.2 Å². The van der Waals surface area contributed by atoms with Gasteiger partial charge in [-0.3, -0.25) is 14.4 Å². The van der Waals surface area contributed by atoms with Crippen molar-refractivity contribution in [1.82, 2.24) is 14.5 Å². The number of thioether (sulfide) groups is 1. The van der Waals surface area contributed by atoms with Crippen LogP contribution in [0.25, 0.3) is 0 Å². The van der Waals surface area contributed by atoms with Crippen LogP contribution in [-0.4, -0.2) is 50.5 Å². The molecule has 8 heteroatoms. The number of rotatable bonds is 3. The predicted molar refractivity (Wildman–Crippen MR) is 96.9 cm³/mol. The number of nitrogens with zero attached hydrogens (tertiary/aromatic N) is 4. The van der Waals surface area contributed by atoms with Gasteiger partial charge in [0.05, 0.1) is 17.0 Å². The van der Waals surface area contributed by atoms with Crippen molar-refractivity contribution in [2.75, 3.05) is 17.2 Å². The molecule has 1 saturated heterocycles. The topological polar surface area (TPSA) is 75.5 Å². The van der Waals surface area contributed by atoms with E-state index in [0.29, 0.717) is 29.4 Å². The maximum absolute atomic E-state index is 13.1. The van der Waals surface area contributed by atoms with Crippen LogP contribution in [0.2, 0.25) is 0 Å². The number of para-hydroxylation sites is 1. The number of aromatic nitrogens is 2. The van der Waals surface area contributed by atoms with Crippen molar-refractivity contribution < 1.29 is 14.4 Å². The monoisotopic (exact) mass is 370 g/mol. The highest BCUT2D eigenvalue weighted by molar-refractivity contribution is 7.99. The van der Waals surface area contributed by atoms with Gasteiger partial charge in [-0.25, -0.2) is 9.88 Å². The lowest BCUT2D eigenvalue weighted by Crippen LogP contribution is -2.47. The summed E-state index contributed by atoms with van der Waals surface area (Å²) in [7, 11) is 1.85. The summed E-state index contributed by atoms with van der Waals surface area (Å²) in [5.41, 5.74) is 0.780. The number of carbonyl (C=O) groups is 3. The molecule has 1 aromatic heterocycles. The van der Waals surface area contributed by atoms with Gasteiger partial charge in [-0.1, -0.05) is 23.9 Å². The molecule has 1 atom stereocenters. The summed E-state index contributed by atoms with van der Waals surface area (Å²) in [6.45, 7) is 0.549. The van der Waals surface area contributed by atoms with Gasteiger partial charge in [-0.2, -0.15) is 0 Å². The predicted octanol–water partition coefficient (Wildman–Crippen LogP) is 1.69. The van der Waals surface area contributed by atoms with Crippen LogP contribution in [0.15, 0.2) is 41.8 Å². The normalized spacial score (nSPS) is 19.3. The van der Waals surface area contributed by atoms with Crippen LogP contribution in [0.3, 0.4) is 0 Å². The number of benzene rings is 1. The lowest BCUT2D eigenvalue weighted by Gasteiger charge is -2.24. The first-order valence-corrected chi connectivity index (χ1v) is 9.43. The van der Waals surface area contributed by atoms with E-state index in [1.165, 1.54) is 16.7 Å². The first kappa shape index (κ1) is 16.8. The molecule has 0 radical (unpaired) electrons. The van der Waals surface area contributed by atoms with Crippen molar-refractivity contribution in [1.29, 1.82) is 0 Å². The highest BCUT2D eigenvalue weighted by atomic mass is 32.2. The van der Waals surface area contributed by atoms with Crippen molar-refractivity contribution in [3.63, 3.8) is 0 Å². The number of imidazole rings is 1. The fourth-order valence-corrected chi connectivity index (χ4v) is 4.26. The summed E-state index contributed by atoms with van der Waals surface area (Å²) in [6.07, 6.45) is 4.83. The third-order valence-corrected chi connectivity index (χ3v) is 5.79. The highest BCUT2D eigenvalue weighted by Crippen LogP contribution is 2.33. The Hall–Kier alpha value is -2.61. The van der Waals surface area contributed by atoms with Gasteiger partial charge in [-0.15, -0.1) is 0 Å². The molecular formula is C18H18N4O3S. The average Bonchev–Trinajstić information content (AvgIpc) is 3.27. The highest BCUT2D eigenvalue weighted by Gasteiger charge is 2.43. The molecular weight excluding hydrogens is 352 g/mol. The van der Waals surface area contributed by atoms with Crippen LogP contribution >= 0.6 is 11.8 Å². The molecule has 26 heavy (non-hydrogen) atoms. The molecule has 3 amide bonds. The quantitative estimate of drug-likeness (QED) is 0.769. The molecule has 7 nitrogen and oxygen atoms in total. The summed E-state index contributed by atoms with van der Waals surface area (Å²) in [5.74, 6) is -0.752.